The zero-order valence-corrected chi connectivity index (χ0v) is 19.2. The van der Waals surface area contributed by atoms with E-state index in [-0.39, 0.29) is 22.8 Å². The maximum Gasteiger partial charge on any atom is 0.514 e. The fourth-order valence-corrected chi connectivity index (χ4v) is 2.24. The van der Waals surface area contributed by atoms with Crippen LogP contribution in [0.25, 0.3) is 11.0 Å². The maximum absolute atomic E-state index is 12.3. The first kappa shape index (κ1) is 25.6. The highest BCUT2D eigenvalue weighted by Gasteiger charge is 2.26. The Morgan fingerprint density at radius 1 is 0.903 bits per heavy atom. The number of benzene rings is 1. The van der Waals surface area contributed by atoms with Gasteiger partial charge in [0.2, 0.25) is 13.0 Å². The molecule has 2 aromatic rings. The number of hydrogen-bond acceptors (Lipinski definition) is 9. The standard InChI is InChI=1S/C16H8Cl6O9/c17-15(18,19)5-28-13(25)30-10-1-8-9(27-4-7(3-23)12(8)24)2-11(10)31-14(26)29-6-16(20,21)22/h1-4H,5-6H2. The Morgan fingerprint density at radius 2 is 1.39 bits per heavy atom. The predicted molar refractivity (Wildman–Crippen MR) is 112 cm³/mol. The summed E-state index contributed by atoms with van der Waals surface area (Å²) in [6.07, 6.45) is -1.57. The van der Waals surface area contributed by atoms with Crippen molar-refractivity contribution in [1.29, 1.82) is 0 Å². The summed E-state index contributed by atoms with van der Waals surface area (Å²) in [6, 6.07) is 1.97. The molecular formula is C16H8Cl6O9. The van der Waals surface area contributed by atoms with Gasteiger partial charge < -0.3 is 23.4 Å². The topological polar surface area (TPSA) is 118 Å². The summed E-state index contributed by atoms with van der Waals surface area (Å²) in [5.74, 6) is -0.947. The Bertz CT molecular complexity index is 1050. The van der Waals surface area contributed by atoms with Crippen LogP contribution in [0.4, 0.5) is 9.59 Å². The maximum atomic E-state index is 12.3. The first-order chi connectivity index (χ1) is 14.3. The molecule has 0 spiro atoms. The SMILES string of the molecule is O=Cc1coc2cc(OC(=O)OCC(Cl)(Cl)Cl)c(OC(=O)OCC(Cl)(Cl)Cl)cc2c1=O. The number of rotatable bonds is 5. The molecule has 9 nitrogen and oxygen atoms in total. The van der Waals surface area contributed by atoms with Crippen molar-refractivity contribution in [2.24, 2.45) is 0 Å². The Labute approximate surface area is 202 Å². The van der Waals surface area contributed by atoms with Crippen molar-refractivity contribution in [3.05, 3.63) is 34.2 Å². The van der Waals surface area contributed by atoms with E-state index >= 15 is 0 Å². The molecule has 0 bridgehead atoms. The highest BCUT2D eigenvalue weighted by molar-refractivity contribution is 6.68. The van der Waals surface area contributed by atoms with Gasteiger partial charge in [0.25, 0.3) is 0 Å². The van der Waals surface area contributed by atoms with Crippen LogP contribution in [0.1, 0.15) is 10.4 Å². The van der Waals surface area contributed by atoms with Gasteiger partial charge in [-0.05, 0) is 6.07 Å². The summed E-state index contributed by atoms with van der Waals surface area (Å²) in [5.41, 5.74) is -1.18. The van der Waals surface area contributed by atoms with Crippen molar-refractivity contribution < 1.29 is 37.7 Å². The smallest absolute Gasteiger partial charge is 0.463 e. The second-order valence-corrected chi connectivity index (χ2v) is 10.5. The molecule has 31 heavy (non-hydrogen) atoms. The zero-order valence-electron chi connectivity index (χ0n) is 14.7. The average molecular weight is 557 g/mol. The summed E-state index contributed by atoms with van der Waals surface area (Å²) < 4.78 is 20.4. The first-order valence-electron chi connectivity index (χ1n) is 7.66. The van der Waals surface area contributed by atoms with E-state index in [1.807, 2.05) is 0 Å². The fourth-order valence-electron chi connectivity index (χ4n) is 1.91. The Kier molecular flexibility index (Phi) is 8.54. The lowest BCUT2D eigenvalue weighted by atomic mass is 10.1. The van der Waals surface area contributed by atoms with Crippen LogP contribution in [0.2, 0.25) is 0 Å². The van der Waals surface area contributed by atoms with Crippen LogP contribution in [0.15, 0.2) is 27.6 Å². The minimum atomic E-state index is -1.93. The van der Waals surface area contributed by atoms with Crippen LogP contribution >= 0.6 is 69.6 Å². The van der Waals surface area contributed by atoms with Crippen molar-refractivity contribution in [1.82, 2.24) is 0 Å². The number of ether oxygens (including phenoxy) is 4. The molecule has 0 amide bonds. The quantitative estimate of drug-likeness (QED) is 0.207. The Hall–Kier alpha value is -1.62. The molecule has 168 valence electrons. The Morgan fingerprint density at radius 3 is 1.84 bits per heavy atom. The predicted octanol–water partition coefficient (Wildman–Crippen LogP) is 5.38. The highest BCUT2D eigenvalue weighted by Crippen LogP contribution is 2.33. The normalized spacial score (nSPS) is 11.7. The van der Waals surface area contributed by atoms with Gasteiger partial charge in [-0.15, -0.1) is 0 Å². The molecule has 0 unspecified atom stereocenters. The van der Waals surface area contributed by atoms with Crippen LogP contribution in [0.5, 0.6) is 11.5 Å². The third-order valence-electron chi connectivity index (χ3n) is 3.09. The average Bonchev–Trinajstić information content (AvgIpc) is 2.65. The molecule has 1 heterocycles. The molecule has 15 heteroatoms. The van der Waals surface area contributed by atoms with Gasteiger partial charge in [-0.3, -0.25) is 9.59 Å². The number of hydrogen-bond donors (Lipinski definition) is 0. The third kappa shape index (κ3) is 8.10. The number of alkyl halides is 6. The molecule has 0 aliphatic carbocycles. The van der Waals surface area contributed by atoms with Gasteiger partial charge in [-0.25, -0.2) is 9.59 Å². The molecule has 0 saturated carbocycles. The van der Waals surface area contributed by atoms with Crippen molar-refractivity contribution in [3.63, 3.8) is 0 Å². The van der Waals surface area contributed by atoms with Crippen molar-refractivity contribution in [2.45, 2.75) is 7.59 Å². The van der Waals surface area contributed by atoms with E-state index in [1.165, 1.54) is 0 Å². The number of aldehydes is 1. The van der Waals surface area contributed by atoms with Gasteiger partial charge in [0.15, 0.2) is 17.8 Å². The lowest BCUT2D eigenvalue weighted by Crippen LogP contribution is -2.21. The molecular weight excluding hydrogens is 549 g/mol. The summed E-state index contributed by atoms with van der Waals surface area (Å²) in [7, 11) is 0. The summed E-state index contributed by atoms with van der Waals surface area (Å²) in [5, 5.41) is -0.184. The van der Waals surface area contributed by atoms with E-state index in [0.717, 1.165) is 18.4 Å². The van der Waals surface area contributed by atoms with Crippen LogP contribution < -0.4 is 14.9 Å². The zero-order chi connectivity index (χ0) is 23.4. The van der Waals surface area contributed by atoms with Gasteiger partial charge >= 0.3 is 12.3 Å². The van der Waals surface area contributed by atoms with E-state index in [1.54, 1.807) is 0 Å². The van der Waals surface area contributed by atoms with Gasteiger partial charge in [0.1, 0.15) is 25.1 Å². The largest absolute Gasteiger partial charge is 0.514 e. The highest BCUT2D eigenvalue weighted by atomic mass is 35.6. The van der Waals surface area contributed by atoms with Crippen LogP contribution in [-0.2, 0) is 9.47 Å². The molecule has 0 aliphatic rings. The molecule has 0 radical (unpaired) electrons. The minimum Gasteiger partial charge on any atom is -0.463 e. The van der Waals surface area contributed by atoms with Crippen LogP contribution in [-0.4, -0.2) is 39.4 Å². The third-order valence-corrected chi connectivity index (χ3v) is 3.74. The molecule has 2 rings (SSSR count). The second kappa shape index (κ2) is 10.3. The summed E-state index contributed by atoms with van der Waals surface area (Å²) in [4.78, 5) is 47.0. The first-order valence-corrected chi connectivity index (χ1v) is 9.93. The molecule has 0 N–H and O–H groups in total. The molecule has 1 aromatic carbocycles. The van der Waals surface area contributed by atoms with Crippen LogP contribution in [0, 0.1) is 0 Å². The number of fused-ring (bicyclic) bond motifs is 1. The fraction of sp³-hybridized carbons (Fsp3) is 0.250. The molecule has 1 aromatic heterocycles. The van der Waals surface area contributed by atoms with Gasteiger partial charge in [0.05, 0.1) is 10.9 Å². The second-order valence-electron chi connectivity index (χ2n) is 5.44. The van der Waals surface area contributed by atoms with E-state index in [4.69, 9.17) is 83.5 Å². The number of halogens is 6. The number of carbonyl (C=O) groups is 3. The van der Waals surface area contributed by atoms with Crippen molar-refractivity contribution in [2.75, 3.05) is 13.2 Å². The summed E-state index contributed by atoms with van der Waals surface area (Å²) >= 11 is 32.9. The Balaban J connectivity index is 2.39. The monoisotopic (exact) mass is 554 g/mol. The minimum absolute atomic E-state index is 0.123. The van der Waals surface area contributed by atoms with E-state index < -0.39 is 50.0 Å². The molecule has 0 atom stereocenters. The molecule has 0 saturated heterocycles. The van der Waals surface area contributed by atoms with E-state index in [0.29, 0.717) is 0 Å². The van der Waals surface area contributed by atoms with E-state index in [2.05, 4.69) is 9.47 Å². The van der Waals surface area contributed by atoms with E-state index in [9.17, 15) is 19.2 Å². The summed E-state index contributed by atoms with van der Waals surface area (Å²) in [6.45, 7) is -1.34. The van der Waals surface area contributed by atoms with Crippen molar-refractivity contribution >= 4 is 99.2 Å². The number of carbonyl (C=O) groups excluding carboxylic acids is 3. The molecule has 0 fully saturated rings. The van der Waals surface area contributed by atoms with Crippen LogP contribution in [0.3, 0.4) is 0 Å². The lowest BCUT2D eigenvalue weighted by molar-refractivity contribution is 0.0910. The van der Waals surface area contributed by atoms with Crippen molar-refractivity contribution in [3.8, 4) is 11.5 Å². The van der Waals surface area contributed by atoms with Gasteiger partial charge in [-0.1, -0.05) is 69.6 Å². The van der Waals surface area contributed by atoms with Gasteiger partial charge in [-0.2, -0.15) is 0 Å². The van der Waals surface area contributed by atoms with Gasteiger partial charge in [0, 0.05) is 6.07 Å². The lowest BCUT2D eigenvalue weighted by Gasteiger charge is -2.14. The molecule has 0 aliphatic heterocycles.